The molecular weight excluding hydrogens is 480 g/mol. The summed E-state index contributed by atoms with van der Waals surface area (Å²) < 4.78 is 28.9. The summed E-state index contributed by atoms with van der Waals surface area (Å²) in [4.78, 5) is 13.7. The molecule has 4 aromatic rings. The van der Waals surface area contributed by atoms with Crippen LogP contribution in [-0.4, -0.2) is 20.9 Å². The molecule has 4 rings (SSSR count). The van der Waals surface area contributed by atoms with Gasteiger partial charge >= 0.3 is 0 Å². The summed E-state index contributed by atoms with van der Waals surface area (Å²) in [5.41, 5.74) is 6.08. The number of nitrogens with zero attached hydrogens (tertiary/aromatic N) is 1. The number of carbonyl (C=O) groups excluding carboxylic acids is 1. The fourth-order valence-electron chi connectivity index (χ4n) is 4.23. The van der Waals surface area contributed by atoms with Crippen LogP contribution in [0.25, 0.3) is 0 Å². The van der Waals surface area contributed by atoms with E-state index in [1.165, 1.54) is 4.31 Å². The van der Waals surface area contributed by atoms with E-state index in [-0.39, 0.29) is 11.4 Å². The lowest BCUT2D eigenvalue weighted by atomic mass is 9.98. The van der Waals surface area contributed by atoms with E-state index in [0.717, 1.165) is 33.4 Å². The van der Waals surface area contributed by atoms with Gasteiger partial charge in [0, 0.05) is 0 Å². The van der Waals surface area contributed by atoms with E-state index in [2.05, 4.69) is 5.32 Å². The van der Waals surface area contributed by atoms with Gasteiger partial charge in [-0.25, -0.2) is 8.42 Å². The topological polar surface area (TPSA) is 66.5 Å². The van der Waals surface area contributed by atoms with Gasteiger partial charge in [0.1, 0.15) is 6.54 Å². The molecule has 37 heavy (non-hydrogen) atoms. The van der Waals surface area contributed by atoms with Crippen molar-refractivity contribution in [3.05, 3.63) is 130 Å². The Kier molecular flexibility index (Phi) is 7.79. The SMILES string of the molecule is Cc1ccc(C(NC(=O)CN(c2cc(C)ccc2C)S(=O)(=O)c2ccc(C)cc2)c2ccccc2)cc1. The zero-order chi connectivity index (χ0) is 26.6. The van der Waals surface area contributed by atoms with Gasteiger partial charge in [-0.15, -0.1) is 0 Å². The van der Waals surface area contributed by atoms with Gasteiger partial charge in [-0.2, -0.15) is 0 Å². The van der Waals surface area contributed by atoms with E-state index in [1.54, 1.807) is 24.3 Å². The Morgan fingerprint density at radius 1 is 0.730 bits per heavy atom. The van der Waals surface area contributed by atoms with Crippen LogP contribution in [0.15, 0.2) is 102 Å². The normalized spacial score (nSPS) is 12.1. The minimum Gasteiger partial charge on any atom is -0.344 e. The summed E-state index contributed by atoms with van der Waals surface area (Å²) in [6.45, 7) is 7.32. The van der Waals surface area contributed by atoms with Gasteiger partial charge in [0.15, 0.2) is 0 Å². The number of rotatable bonds is 8. The first-order valence-electron chi connectivity index (χ1n) is 12.2. The van der Waals surface area contributed by atoms with Gasteiger partial charge < -0.3 is 5.32 Å². The molecule has 1 unspecified atom stereocenters. The van der Waals surface area contributed by atoms with Crippen LogP contribution in [-0.2, 0) is 14.8 Å². The van der Waals surface area contributed by atoms with Crippen LogP contribution >= 0.6 is 0 Å². The molecule has 0 aliphatic rings. The lowest BCUT2D eigenvalue weighted by Crippen LogP contribution is -2.42. The molecule has 5 nitrogen and oxygen atoms in total. The molecule has 0 heterocycles. The molecule has 6 heteroatoms. The van der Waals surface area contributed by atoms with E-state index in [0.29, 0.717) is 5.69 Å². The molecule has 190 valence electrons. The Bertz CT molecular complexity index is 1480. The van der Waals surface area contributed by atoms with E-state index < -0.39 is 22.0 Å². The highest BCUT2D eigenvalue weighted by molar-refractivity contribution is 7.92. The van der Waals surface area contributed by atoms with Gasteiger partial charge in [0.25, 0.3) is 10.0 Å². The van der Waals surface area contributed by atoms with Crippen molar-refractivity contribution in [3.63, 3.8) is 0 Å². The maximum Gasteiger partial charge on any atom is 0.264 e. The van der Waals surface area contributed by atoms with E-state index in [9.17, 15) is 13.2 Å². The smallest absolute Gasteiger partial charge is 0.264 e. The van der Waals surface area contributed by atoms with Crippen LogP contribution in [0.4, 0.5) is 5.69 Å². The minimum absolute atomic E-state index is 0.143. The number of nitrogens with one attached hydrogen (secondary N) is 1. The second kappa shape index (κ2) is 11.0. The van der Waals surface area contributed by atoms with Crippen molar-refractivity contribution in [3.8, 4) is 0 Å². The molecule has 0 saturated carbocycles. The quantitative estimate of drug-likeness (QED) is 0.314. The largest absolute Gasteiger partial charge is 0.344 e. The summed E-state index contributed by atoms with van der Waals surface area (Å²) in [5, 5.41) is 3.09. The molecule has 0 saturated heterocycles. The molecule has 0 spiro atoms. The fourth-order valence-corrected chi connectivity index (χ4v) is 5.70. The molecule has 1 amide bonds. The fraction of sp³-hybridized carbons (Fsp3) is 0.194. The molecule has 1 N–H and O–H groups in total. The third-order valence-corrected chi connectivity index (χ3v) is 8.15. The second-order valence-corrected chi connectivity index (χ2v) is 11.3. The average Bonchev–Trinajstić information content (AvgIpc) is 2.89. The lowest BCUT2D eigenvalue weighted by Gasteiger charge is -2.27. The monoisotopic (exact) mass is 512 g/mol. The van der Waals surface area contributed by atoms with Crippen molar-refractivity contribution in [1.82, 2.24) is 5.32 Å². The molecule has 4 aromatic carbocycles. The van der Waals surface area contributed by atoms with Crippen LogP contribution in [0.2, 0.25) is 0 Å². The average molecular weight is 513 g/mol. The second-order valence-electron chi connectivity index (χ2n) is 9.44. The number of carbonyl (C=O) groups is 1. The predicted molar refractivity (Wildman–Crippen MR) is 149 cm³/mol. The van der Waals surface area contributed by atoms with E-state index >= 15 is 0 Å². The van der Waals surface area contributed by atoms with Gasteiger partial charge in [0.05, 0.1) is 16.6 Å². The number of aryl methyl sites for hydroxylation is 4. The number of hydrogen-bond acceptors (Lipinski definition) is 3. The Labute approximate surface area is 219 Å². The van der Waals surface area contributed by atoms with Crippen LogP contribution in [0.1, 0.15) is 39.4 Å². The van der Waals surface area contributed by atoms with Crippen LogP contribution in [0, 0.1) is 27.7 Å². The van der Waals surface area contributed by atoms with Crippen molar-refractivity contribution in [2.24, 2.45) is 0 Å². The number of hydrogen-bond donors (Lipinski definition) is 1. The summed E-state index contributed by atoms with van der Waals surface area (Å²) in [7, 11) is -4.00. The maximum absolute atomic E-state index is 13.9. The zero-order valence-electron chi connectivity index (χ0n) is 21.6. The van der Waals surface area contributed by atoms with Gasteiger partial charge in [0.2, 0.25) is 5.91 Å². The summed E-state index contributed by atoms with van der Waals surface area (Å²) >= 11 is 0. The molecule has 0 fully saturated rings. The first-order valence-corrected chi connectivity index (χ1v) is 13.7. The van der Waals surface area contributed by atoms with Crippen molar-refractivity contribution >= 4 is 21.6 Å². The third-order valence-electron chi connectivity index (χ3n) is 6.38. The Balaban J connectivity index is 1.72. The molecule has 0 aliphatic heterocycles. The number of amides is 1. The Hall–Kier alpha value is -3.90. The standard InChI is InChI=1S/C31H32N2O3S/c1-22-11-16-27(17-12-22)31(26-8-6-5-7-9-26)32-30(34)21-33(29-20-24(3)10-15-25(29)4)37(35,36)28-18-13-23(2)14-19-28/h5-20,31H,21H2,1-4H3,(H,32,34). The zero-order valence-corrected chi connectivity index (χ0v) is 22.4. The first kappa shape index (κ1) is 26.2. The first-order chi connectivity index (χ1) is 17.6. The van der Waals surface area contributed by atoms with Crippen LogP contribution in [0.5, 0.6) is 0 Å². The minimum atomic E-state index is -4.00. The highest BCUT2D eigenvalue weighted by atomic mass is 32.2. The molecule has 0 aromatic heterocycles. The van der Waals surface area contributed by atoms with Crippen LogP contribution < -0.4 is 9.62 Å². The molecule has 0 aliphatic carbocycles. The summed E-state index contributed by atoms with van der Waals surface area (Å²) in [5.74, 6) is -0.397. The van der Waals surface area contributed by atoms with E-state index in [1.807, 2.05) is 100 Å². The highest BCUT2D eigenvalue weighted by Crippen LogP contribution is 2.29. The van der Waals surface area contributed by atoms with Crippen LogP contribution in [0.3, 0.4) is 0 Å². The highest BCUT2D eigenvalue weighted by Gasteiger charge is 2.29. The van der Waals surface area contributed by atoms with Crippen molar-refractivity contribution in [2.75, 3.05) is 10.8 Å². The van der Waals surface area contributed by atoms with Gasteiger partial charge in [-0.3, -0.25) is 9.10 Å². The van der Waals surface area contributed by atoms with Gasteiger partial charge in [-0.1, -0.05) is 90.0 Å². The number of benzene rings is 4. The Morgan fingerprint density at radius 2 is 1.27 bits per heavy atom. The Morgan fingerprint density at radius 3 is 1.89 bits per heavy atom. The van der Waals surface area contributed by atoms with Crippen molar-refractivity contribution < 1.29 is 13.2 Å². The lowest BCUT2D eigenvalue weighted by molar-refractivity contribution is -0.120. The van der Waals surface area contributed by atoms with Crippen molar-refractivity contribution in [2.45, 2.75) is 38.6 Å². The number of anilines is 1. The van der Waals surface area contributed by atoms with Gasteiger partial charge in [-0.05, 0) is 68.1 Å². The predicted octanol–water partition coefficient (Wildman–Crippen LogP) is 6.02. The molecular formula is C31H32N2O3S. The summed E-state index contributed by atoms with van der Waals surface area (Å²) in [6.07, 6.45) is 0. The molecule has 1 atom stereocenters. The third kappa shape index (κ3) is 6.09. The maximum atomic E-state index is 13.9. The van der Waals surface area contributed by atoms with Crippen molar-refractivity contribution in [1.29, 1.82) is 0 Å². The van der Waals surface area contributed by atoms with E-state index in [4.69, 9.17) is 0 Å². The molecule has 0 bridgehead atoms. The molecule has 0 radical (unpaired) electrons. The summed E-state index contributed by atoms with van der Waals surface area (Å²) in [6, 6.07) is 29.5. The number of sulfonamides is 1.